The summed E-state index contributed by atoms with van der Waals surface area (Å²) in [6, 6.07) is -0.845. The van der Waals surface area contributed by atoms with Crippen molar-refractivity contribution in [1.29, 1.82) is 0 Å². The number of hydrogen-bond acceptors (Lipinski definition) is 6. The molecule has 73 heavy (non-hydrogen) atoms. The first kappa shape index (κ1) is 71.0. The largest absolute Gasteiger partial charge is 0.472 e. The average Bonchev–Trinajstić information content (AvgIpc) is 3.35. The molecule has 0 aromatic heterocycles. The summed E-state index contributed by atoms with van der Waals surface area (Å²) in [7, 11) is 1.50. The lowest BCUT2D eigenvalue weighted by molar-refractivity contribution is -0.870. The van der Waals surface area contributed by atoms with Crippen LogP contribution in [0.25, 0.3) is 0 Å². The normalized spacial score (nSPS) is 14.0. The number of hydrogen-bond donors (Lipinski definition) is 2. The molecule has 0 heterocycles. The minimum absolute atomic E-state index is 0.0412. The topological polar surface area (TPSA) is 111 Å². The molecule has 0 fully saturated rings. The Labute approximate surface area is 452 Å². The molecular formula is C63H120N2O7P+. The van der Waals surface area contributed by atoms with Crippen LogP contribution in [0.2, 0.25) is 0 Å². The van der Waals surface area contributed by atoms with Crippen molar-refractivity contribution >= 4 is 19.7 Å². The van der Waals surface area contributed by atoms with Crippen LogP contribution in [0.4, 0.5) is 0 Å². The Morgan fingerprint density at radius 2 is 0.836 bits per heavy atom. The van der Waals surface area contributed by atoms with Gasteiger partial charge in [-0.25, -0.2) is 4.57 Å². The molecule has 3 unspecified atom stereocenters. The molecule has 0 spiro atoms. The average molecular weight is 1050 g/mol. The van der Waals surface area contributed by atoms with Crippen LogP contribution in [0.5, 0.6) is 0 Å². The zero-order chi connectivity index (χ0) is 53.6. The lowest BCUT2D eigenvalue weighted by Gasteiger charge is -2.27. The number of carbonyl (C=O) groups is 2. The van der Waals surface area contributed by atoms with Gasteiger partial charge in [-0.3, -0.25) is 18.6 Å². The molecule has 9 nitrogen and oxygen atoms in total. The maximum absolute atomic E-state index is 13.5. The smallest absolute Gasteiger partial charge is 0.456 e. The fraction of sp³-hybridized carbons (Fsp3) is 0.841. The van der Waals surface area contributed by atoms with Crippen LogP contribution in [-0.4, -0.2) is 74.3 Å². The number of unbranched alkanes of at least 4 members (excludes halogenated alkanes) is 34. The van der Waals surface area contributed by atoms with Crippen molar-refractivity contribution in [3.05, 3.63) is 48.6 Å². The summed E-state index contributed by atoms with van der Waals surface area (Å²) in [5.74, 6) is -0.500. The predicted molar refractivity (Wildman–Crippen MR) is 314 cm³/mol. The van der Waals surface area contributed by atoms with Gasteiger partial charge in [-0.15, -0.1) is 0 Å². The molecule has 10 heteroatoms. The van der Waals surface area contributed by atoms with E-state index in [1.807, 2.05) is 33.3 Å². The van der Waals surface area contributed by atoms with E-state index >= 15 is 0 Å². The third-order valence-corrected chi connectivity index (χ3v) is 14.8. The number of quaternary nitrogens is 1. The van der Waals surface area contributed by atoms with Crippen LogP contribution in [0.1, 0.15) is 290 Å². The quantitative estimate of drug-likeness (QED) is 0.0205. The highest BCUT2D eigenvalue weighted by Gasteiger charge is 2.30. The van der Waals surface area contributed by atoms with E-state index in [1.165, 1.54) is 186 Å². The molecule has 0 radical (unpaired) electrons. The van der Waals surface area contributed by atoms with E-state index < -0.39 is 20.0 Å². The molecule has 0 saturated heterocycles. The summed E-state index contributed by atoms with van der Waals surface area (Å²) in [6.45, 7) is 6.99. The van der Waals surface area contributed by atoms with Crippen molar-refractivity contribution in [2.75, 3.05) is 40.9 Å². The van der Waals surface area contributed by atoms with Gasteiger partial charge < -0.3 is 19.4 Å². The Balaban J connectivity index is 5.04. The molecule has 0 saturated carbocycles. The Morgan fingerprint density at radius 1 is 0.479 bits per heavy atom. The minimum atomic E-state index is -4.44. The van der Waals surface area contributed by atoms with E-state index in [4.69, 9.17) is 13.8 Å². The van der Waals surface area contributed by atoms with E-state index in [-0.39, 0.29) is 25.1 Å². The first-order valence-corrected chi connectivity index (χ1v) is 32.5. The van der Waals surface area contributed by atoms with Gasteiger partial charge >= 0.3 is 13.8 Å². The number of nitrogens with zero attached hydrogens (tertiary/aromatic N) is 1. The van der Waals surface area contributed by atoms with Gasteiger partial charge in [0.15, 0.2) is 0 Å². The van der Waals surface area contributed by atoms with E-state index in [2.05, 4.69) is 62.5 Å². The predicted octanol–water partition coefficient (Wildman–Crippen LogP) is 18.9. The SMILES string of the molecule is CCCCC/C=C\C/C=C\C/C=C\CCCCCCCCCCCCCCC(=O)NC(COP(=O)(O)OCC[N+](C)(C)C)C(/C=C\CCCCCCCCCCC)OC(=O)CCCCCCCCCCCCC. The minimum Gasteiger partial charge on any atom is -0.456 e. The van der Waals surface area contributed by atoms with Crippen LogP contribution in [0, 0.1) is 0 Å². The molecule has 0 rings (SSSR count). The summed E-state index contributed by atoms with van der Waals surface area (Å²) >= 11 is 0. The highest BCUT2D eigenvalue weighted by molar-refractivity contribution is 7.47. The maximum Gasteiger partial charge on any atom is 0.472 e. The Bertz CT molecular complexity index is 1390. The van der Waals surface area contributed by atoms with Gasteiger partial charge in [-0.2, -0.15) is 0 Å². The third kappa shape index (κ3) is 54.6. The number of nitrogens with one attached hydrogen (secondary N) is 1. The maximum atomic E-state index is 13.5. The molecule has 0 aliphatic heterocycles. The van der Waals surface area contributed by atoms with Crippen molar-refractivity contribution in [2.24, 2.45) is 0 Å². The van der Waals surface area contributed by atoms with Gasteiger partial charge in [0, 0.05) is 12.8 Å². The Hall–Kier alpha value is -2.03. The number of phosphoric ester groups is 1. The number of esters is 1. The molecule has 3 atom stereocenters. The van der Waals surface area contributed by atoms with Gasteiger partial charge in [0.05, 0.1) is 33.8 Å². The molecule has 0 bridgehead atoms. The second kappa shape index (κ2) is 53.4. The van der Waals surface area contributed by atoms with Crippen molar-refractivity contribution in [3.63, 3.8) is 0 Å². The van der Waals surface area contributed by atoms with Gasteiger partial charge in [0.25, 0.3) is 0 Å². The number of rotatable bonds is 56. The number of ether oxygens (including phenoxy) is 1. The zero-order valence-electron chi connectivity index (χ0n) is 48.9. The van der Waals surface area contributed by atoms with Crippen LogP contribution < -0.4 is 5.32 Å². The highest BCUT2D eigenvalue weighted by atomic mass is 31.2. The van der Waals surface area contributed by atoms with Crippen LogP contribution in [-0.2, 0) is 27.9 Å². The fourth-order valence-corrected chi connectivity index (χ4v) is 9.68. The standard InChI is InChI=1S/C63H119N2O7P/c1-7-10-13-16-19-22-25-26-27-28-29-30-31-32-33-34-35-36-37-38-41-43-46-49-52-55-62(66)64-60(59-71-73(68,69)70-58-57-65(4,5)6)61(54-51-48-45-42-39-23-20-17-14-11-8-2)72-63(67)56-53-50-47-44-40-24-21-18-15-12-9-3/h19,22,26-27,29-30,51,54,60-61H,7-18,20-21,23-25,28,31-50,52-53,55-59H2,1-6H3,(H-,64,66,68,69)/p+1/b22-19-,27-26-,30-29-,54-51-. The molecule has 0 aromatic carbocycles. The lowest BCUT2D eigenvalue weighted by atomic mass is 10.0. The Morgan fingerprint density at radius 3 is 1.27 bits per heavy atom. The summed E-state index contributed by atoms with van der Waals surface area (Å²) in [4.78, 5) is 37.6. The van der Waals surface area contributed by atoms with Crippen LogP contribution in [0.15, 0.2) is 48.6 Å². The van der Waals surface area contributed by atoms with Gasteiger partial charge in [-0.05, 0) is 70.3 Å². The zero-order valence-corrected chi connectivity index (χ0v) is 49.8. The highest BCUT2D eigenvalue weighted by Crippen LogP contribution is 2.43. The summed E-state index contributed by atoms with van der Waals surface area (Å²) in [5, 5.41) is 3.05. The Kier molecular flexibility index (Phi) is 51.9. The molecule has 2 N–H and O–H groups in total. The summed E-state index contributed by atoms with van der Waals surface area (Å²) in [5.41, 5.74) is 0. The van der Waals surface area contributed by atoms with Crippen LogP contribution in [0.3, 0.4) is 0 Å². The van der Waals surface area contributed by atoms with Gasteiger partial charge in [0.2, 0.25) is 5.91 Å². The summed E-state index contributed by atoms with van der Waals surface area (Å²) in [6.07, 6.45) is 65.4. The number of amides is 1. The molecular weight excluding hydrogens is 928 g/mol. The number of carbonyl (C=O) groups excluding carboxylic acids is 2. The van der Waals surface area contributed by atoms with Crippen molar-refractivity contribution in [3.8, 4) is 0 Å². The number of likely N-dealkylation sites (N-methyl/N-ethyl adjacent to an activating group) is 1. The molecule has 428 valence electrons. The van der Waals surface area contributed by atoms with E-state index in [1.54, 1.807) is 0 Å². The van der Waals surface area contributed by atoms with Crippen molar-refractivity contribution in [1.82, 2.24) is 5.32 Å². The van der Waals surface area contributed by atoms with Gasteiger partial charge in [-0.1, -0.05) is 256 Å². The van der Waals surface area contributed by atoms with E-state index in [0.29, 0.717) is 23.9 Å². The lowest BCUT2D eigenvalue weighted by Crippen LogP contribution is -2.47. The molecule has 0 aliphatic rings. The van der Waals surface area contributed by atoms with Gasteiger partial charge in [0.1, 0.15) is 19.3 Å². The van der Waals surface area contributed by atoms with Crippen molar-refractivity contribution in [2.45, 2.75) is 303 Å². The second-order valence-corrected chi connectivity index (χ2v) is 23.7. The van der Waals surface area contributed by atoms with Crippen molar-refractivity contribution < 1.29 is 37.3 Å². The summed E-state index contributed by atoms with van der Waals surface area (Å²) < 4.78 is 30.6. The second-order valence-electron chi connectivity index (χ2n) is 22.2. The van der Waals surface area contributed by atoms with Crippen LogP contribution >= 0.6 is 7.82 Å². The number of allylic oxidation sites excluding steroid dienone is 7. The molecule has 1 amide bonds. The van der Waals surface area contributed by atoms with E-state index in [0.717, 1.165) is 70.6 Å². The van der Waals surface area contributed by atoms with E-state index in [9.17, 15) is 19.0 Å². The first-order chi connectivity index (χ1) is 35.4. The first-order valence-electron chi connectivity index (χ1n) is 31.0. The third-order valence-electron chi connectivity index (χ3n) is 13.8. The fourth-order valence-electron chi connectivity index (χ4n) is 8.95. The number of phosphoric acid groups is 1. The molecule has 0 aliphatic carbocycles. The molecule has 0 aromatic rings. The monoisotopic (exact) mass is 1050 g/mol.